The average Bonchev–Trinajstić information content (AvgIpc) is 3.15. The molecule has 0 aromatic heterocycles. The predicted molar refractivity (Wildman–Crippen MR) is 77.1 cm³/mol. The van der Waals surface area contributed by atoms with Crippen LogP contribution in [0, 0.1) is 11.8 Å². The number of rotatable bonds is 4. The first-order chi connectivity index (χ1) is 11.1. The van der Waals surface area contributed by atoms with Crippen LogP contribution in [-0.4, -0.2) is 40.4 Å². The van der Waals surface area contributed by atoms with E-state index >= 15 is 0 Å². The van der Waals surface area contributed by atoms with Gasteiger partial charge in [0, 0.05) is 0 Å². The summed E-state index contributed by atoms with van der Waals surface area (Å²) in [6.07, 6.45) is -1.13. The Bertz CT molecular complexity index is 599. The topological polar surface area (TPSA) is 80.3 Å². The van der Waals surface area contributed by atoms with Gasteiger partial charge in [0.15, 0.2) is 11.5 Å². The summed E-state index contributed by atoms with van der Waals surface area (Å²) in [5.74, 6) is -1.37. The molecule has 1 aromatic rings. The minimum atomic E-state index is -0.733. The zero-order valence-electron chi connectivity index (χ0n) is 13.3. The summed E-state index contributed by atoms with van der Waals surface area (Å²) in [5.41, 5.74) is 1.62. The largest absolute Gasteiger partial charge is 0.493 e. The number of hydrogen-bond donors (Lipinski definition) is 0. The standard InChI is InChI=1S/C16H18O7/c1-19-9-5-7-8(6-10(9)20-2)14-12(16(18)22-4)11(13(7)23-14)15(17)21-3/h5-6,11-14H,1-4H3/t11-,12-,13-,14+/m0/s1. The highest BCUT2D eigenvalue weighted by atomic mass is 16.6. The Hall–Kier alpha value is -2.28. The fourth-order valence-corrected chi connectivity index (χ4v) is 3.45. The third kappa shape index (κ3) is 2.15. The van der Waals surface area contributed by atoms with E-state index in [4.69, 9.17) is 23.7 Å². The zero-order chi connectivity index (χ0) is 16.7. The highest BCUT2D eigenvalue weighted by Gasteiger charge is 2.59. The van der Waals surface area contributed by atoms with Gasteiger partial charge in [0.05, 0.1) is 40.6 Å². The van der Waals surface area contributed by atoms with Crippen molar-refractivity contribution in [2.45, 2.75) is 12.2 Å². The smallest absolute Gasteiger partial charge is 0.312 e. The van der Waals surface area contributed by atoms with Gasteiger partial charge in [-0.05, 0) is 23.3 Å². The van der Waals surface area contributed by atoms with Crippen molar-refractivity contribution < 1.29 is 33.3 Å². The van der Waals surface area contributed by atoms with Crippen molar-refractivity contribution in [2.24, 2.45) is 11.8 Å². The van der Waals surface area contributed by atoms with Gasteiger partial charge in [0.25, 0.3) is 0 Å². The van der Waals surface area contributed by atoms with Gasteiger partial charge in [0.2, 0.25) is 0 Å². The van der Waals surface area contributed by atoms with Gasteiger partial charge in [0.1, 0.15) is 11.8 Å². The van der Waals surface area contributed by atoms with Crippen LogP contribution in [0.2, 0.25) is 0 Å². The van der Waals surface area contributed by atoms with E-state index < -0.39 is 36.0 Å². The molecule has 0 saturated carbocycles. The second-order valence-electron chi connectivity index (χ2n) is 5.41. The Balaban J connectivity index is 2.10. The van der Waals surface area contributed by atoms with Crippen LogP contribution in [-0.2, 0) is 23.8 Å². The van der Waals surface area contributed by atoms with Crippen LogP contribution in [0.4, 0.5) is 0 Å². The van der Waals surface area contributed by atoms with E-state index in [0.29, 0.717) is 11.5 Å². The third-order valence-electron chi connectivity index (χ3n) is 4.48. The van der Waals surface area contributed by atoms with Crippen molar-refractivity contribution in [3.63, 3.8) is 0 Å². The number of carbonyl (C=O) groups excluding carboxylic acids is 2. The molecule has 0 amide bonds. The van der Waals surface area contributed by atoms with Crippen molar-refractivity contribution in [3.8, 4) is 11.5 Å². The summed E-state index contributed by atoms with van der Waals surface area (Å²) in [6, 6.07) is 3.56. The minimum absolute atomic E-state index is 0.492. The molecule has 7 nitrogen and oxygen atoms in total. The highest BCUT2D eigenvalue weighted by Crippen LogP contribution is 2.59. The van der Waals surface area contributed by atoms with Crippen LogP contribution >= 0.6 is 0 Å². The van der Waals surface area contributed by atoms with Gasteiger partial charge in [-0.3, -0.25) is 9.59 Å². The Morgan fingerprint density at radius 2 is 1.22 bits per heavy atom. The lowest BCUT2D eigenvalue weighted by Crippen LogP contribution is -2.35. The Labute approximate surface area is 133 Å². The molecule has 1 fully saturated rings. The first kappa shape index (κ1) is 15.6. The van der Waals surface area contributed by atoms with Gasteiger partial charge >= 0.3 is 11.9 Å². The van der Waals surface area contributed by atoms with Crippen LogP contribution in [0.5, 0.6) is 11.5 Å². The van der Waals surface area contributed by atoms with E-state index in [1.54, 1.807) is 12.1 Å². The van der Waals surface area contributed by atoms with Gasteiger partial charge in [-0.1, -0.05) is 0 Å². The number of esters is 2. The van der Waals surface area contributed by atoms with Crippen LogP contribution in [0.15, 0.2) is 12.1 Å². The molecule has 2 heterocycles. The number of methoxy groups -OCH3 is 4. The molecular formula is C16H18O7. The summed E-state index contributed by atoms with van der Waals surface area (Å²) in [6.45, 7) is 0. The molecular weight excluding hydrogens is 304 g/mol. The van der Waals surface area contributed by atoms with E-state index in [2.05, 4.69) is 0 Å². The molecule has 1 aromatic carbocycles. The van der Waals surface area contributed by atoms with Crippen molar-refractivity contribution in [3.05, 3.63) is 23.3 Å². The molecule has 7 heteroatoms. The lowest BCUT2D eigenvalue weighted by molar-refractivity contribution is -0.157. The number of fused-ring (bicyclic) bond motifs is 5. The molecule has 2 bridgehead atoms. The fourth-order valence-electron chi connectivity index (χ4n) is 3.45. The molecule has 124 valence electrons. The number of benzene rings is 1. The maximum Gasteiger partial charge on any atom is 0.312 e. The molecule has 0 unspecified atom stereocenters. The molecule has 3 rings (SSSR count). The third-order valence-corrected chi connectivity index (χ3v) is 4.48. The van der Waals surface area contributed by atoms with Crippen LogP contribution in [0.3, 0.4) is 0 Å². The van der Waals surface area contributed by atoms with Gasteiger partial charge in [-0.15, -0.1) is 0 Å². The van der Waals surface area contributed by atoms with Crippen molar-refractivity contribution in [2.75, 3.05) is 28.4 Å². The highest BCUT2D eigenvalue weighted by molar-refractivity contribution is 5.85. The van der Waals surface area contributed by atoms with E-state index in [-0.39, 0.29) is 0 Å². The molecule has 2 aliphatic rings. The Morgan fingerprint density at radius 3 is 1.52 bits per heavy atom. The lowest BCUT2D eigenvalue weighted by Gasteiger charge is -2.26. The van der Waals surface area contributed by atoms with Crippen LogP contribution < -0.4 is 9.47 Å². The predicted octanol–water partition coefficient (Wildman–Crippen LogP) is 1.41. The van der Waals surface area contributed by atoms with Gasteiger partial charge < -0.3 is 23.7 Å². The first-order valence-corrected chi connectivity index (χ1v) is 7.14. The number of carbonyl (C=O) groups is 2. The quantitative estimate of drug-likeness (QED) is 0.775. The van der Waals surface area contributed by atoms with Crippen molar-refractivity contribution >= 4 is 11.9 Å². The van der Waals surface area contributed by atoms with Crippen molar-refractivity contribution in [1.29, 1.82) is 0 Å². The zero-order valence-corrected chi connectivity index (χ0v) is 13.3. The maximum atomic E-state index is 12.2. The second-order valence-corrected chi connectivity index (χ2v) is 5.41. The van der Waals surface area contributed by atoms with Crippen molar-refractivity contribution in [1.82, 2.24) is 0 Å². The molecule has 0 radical (unpaired) electrons. The van der Waals surface area contributed by atoms with Crippen LogP contribution in [0.25, 0.3) is 0 Å². The molecule has 0 spiro atoms. The summed E-state index contributed by atoms with van der Waals surface area (Å²) in [5, 5.41) is 0. The molecule has 2 aliphatic heterocycles. The molecule has 23 heavy (non-hydrogen) atoms. The summed E-state index contributed by atoms with van der Waals surface area (Å²) >= 11 is 0. The van der Waals surface area contributed by atoms with E-state index in [1.165, 1.54) is 28.4 Å². The maximum absolute atomic E-state index is 12.2. The minimum Gasteiger partial charge on any atom is -0.493 e. The van der Waals surface area contributed by atoms with E-state index in [1.807, 2.05) is 0 Å². The van der Waals surface area contributed by atoms with Crippen LogP contribution in [0.1, 0.15) is 23.3 Å². The van der Waals surface area contributed by atoms with Gasteiger partial charge in [-0.2, -0.15) is 0 Å². The second kappa shape index (κ2) is 5.73. The fraction of sp³-hybridized carbons (Fsp3) is 0.500. The lowest BCUT2D eigenvalue weighted by atomic mass is 9.75. The average molecular weight is 322 g/mol. The van der Waals surface area contributed by atoms with E-state index in [0.717, 1.165) is 11.1 Å². The molecule has 0 N–H and O–H groups in total. The summed E-state index contributed by atoms with van der Waals surface area (Å²) in [7, 11) is 5.65. The van der Waals surface area contributed by atoms with E-state index in [9.17, 15) is 9.59 Å². The normalized spacial score (nSPS) is 27.3. The van der Waals surface area contributed by atoms with Gasteiger partial charge in [-0.25, -0.2) is 0 Å². The summed E-state index contributed by atoms with van der Waals surface area (Å²) in [4.78, 5) is 24.3. The molecule has 0 aliphatic carbocycles. The Morgan fingerprint density at radius 1 is 0.826 bits per heavy atom. The molecule has 1 saturated heterocycles. The molecule has 4 atom stereocenters. The Kier molecular flexibility index (Phi) is 3.89. The SMILES string of the molecule is COC(=O)[C@H]1[C@H](C(=O)OC)[C@H]2O[C@@H]1c1cc(OC)c(OC)cc12. The first-order valence-electron chi connectivity index (χ1n) is 7.14. The number of ether oxygens (including phenoxy) is 5. The summed E-state index contributed by atoms with van der Waals surface area (Å²) < 4.78 is 26.2. The monoisotopic (exact) mass is 322 g/mol. The number of hydrogen-bond acceptors (Lipinski definition) is 7.